The maximum atomic E-state index is 13.4. The van der Waals surface area contributed by atoms with Crippen molar-refractivity contribution in [2.45, 2.75) is 62.5 Å². The molecule has 39 heavy (non-hydrogen) atoms. The van der Waals surface area contributed by atoms with Gasteiger partial charge in [-0.3, -0.25) is 4.90 Å². The second-order valence-electron chi connectivity index (χ2n) is 10.3. The molecule has 0 aliphatic carbocycles. The molecule has 4 atom stereocenters. The molecule has 2 aliphatic heterocycles. The molecule has 3 aromatic rings. The lowest BCUT2D eigenvalue weighted by Gasteiger charge is -2.50. The van der Waals surface area contributed by atoms with Gasteiger partial charge in [0.15, 0.2) is 0 Å². The molecule has 0 N–H and O–H groups in total. The van der Waals surface area contributed by atoms with Crippen molar-refractivity contribution in [1.29, 1.82) is 0 Å². The SMILES string of the molecule is O=CC1CC2(c3ccccc3)C(OCc3cc(C(F)(F)F)cc(C(F)(F)F)c3)CCC1N2Cc1ccccc1. The molecular formula is C30H27F6NO2. The van der Waals surface area contributed by atoms with Gasteiger partial charge in [-0.2, -0.15) is 26.3 Å². The summed E-state index contributed by atoms with van der Waals surface area (Å²) in [6.07, 6.45) is -7.90. The lowest BCUT2D eigenvalue weighted by Crippen LogP contribution is -2.56. The van der Waals surface area contributed by atoms with Gasteiger partial charge in [-0.15, -0.1) is 0 Å². The van der Waals surface area contributed by atoms with Gasteiger partial charge in [-0.25, -0.2) is 0 Å². The van der Waals surface area contributed by atoms with Gasteiger partial charge in [-0.1, -0.05) is 60.7 Å². The van der Waals surface area contributed by atoms with Crippen molar-refractivity contribution in [3.05, 3.63) is 107 Å². The highest BCUT2D eigenvalue weighted by Crippen LogP contribution is 2.54. The zero-order valence-corrected chi connectivity index (χ0v) is 20.9. The number of hydrogen-bond acceptors (Lipinski definition) is 3. The van der Waals surface area contributed by atoms with E-state index < -0.39 is 41.7 Å². The monoisotopic (exact) mass is 547 g/mol. The van der Waals surface area contributed by atoms with Gasteiger partial charge in [0, 0.05) is 18.5 Å². The lowest BCUT2D eigenvalue weighted by molar-refractivity contribution is -0.143. The largest absolute Gasteiger partial charge is 0.416 e. The minimum absolute atomic E-state index is 0.0619. The van der Waals surface area contributed by atoms with Crippen molar-refractivity contribution >= 4 is 6.29 Å². The van der Waals surface area contributed by atoms with Gasteiger partial charge in [0.25, 0.3) is 0 Å². The molecule has 2 heterocycles. The third-order valence-corrected chi connectivity index (χ3v) is 7.95. The van der Waals surface area contributed by atoms with Gasteiger partial charge in [-0.05, 0) is 54.2 Å². The number of rotatable bonds is 7. The van der Waals surface area contributed by atoms with Crippen LogP contribution in [0.2, 0.25) is 0 Å². The highest BCUT2D eigenvalue weighted by Gasteiger charge is 2.59. The van der Waals surface area contributed by atoms with Crippen molar-refractivity contribution in [2.75, 3.05) is 0 Å². The van der Waals surface area contributed by atoms with Crippen LogP contribution < -0.4 is 0 Å². The van der Waals surface area contributed by atoms with Crippen LogP contribution in [0.3, 0.4) is 0 Å². The molecule has 2 fully saturated rings. The Hall–Kier alpha value is -3.17. The maximum Gasteiger partial charge on any atom is 0.416 e. The van der Waals surface area contributed by atoms with E-state index >= 15 is 0 Å². The second kappa shape index (κ2) is 10.4. The first kappa shape index (κ1) is 27.4. The molecule has 0 radical (unpaired) electrons. The summed E-state index contributed by atoms with van der Waals surface area (Å²) in [6.45, 7) is 0.0915. The normalized spacial score (nSPS) is 25.5. The number of fused-ring (bicyclic) bond motifs is 2. The number of alkyl halides is 6. The molecule has 9 heteroatoms. The summed E-state index contributed by atoms with van der Waals surface area (Å²) in [5.74, 6) is -0.284. The van der Waals surface area contributed by atoms with Gasteiger partial charge in [0.05, 0.1) is 29.4 Å². The molecule has 2 saturated heterocycles. The molecule has 2 bridgehead atoms. The molecule has 206 valence electrons. The number of halogens is 6. The number of piperidine rings is 1. The van der Waals surface area contributed by atoms with E-state index in [2.05, 4.69) is 4.90 Å². The van der Waals surface area contributed by atoms with E-state index in [1.54, 1.807) is 0 Å². The summed E-state index contributed by atoms with van der Waals surface area (Å²) in [5, 5.41) is 0. The first-order valence-electron chi connectivity index (χ1n) is 12.7. The van der Waals surface area contributed by atoms with Crippen LogP contribution in [0.1, 0.15) is 47.1 Å². The molecule has 4 unspecified atom stereocenters. The van der Waals surface area contributed by atoms with E-state index in [9.17, 15) is 31.1 Å². The van der Waals surface area contributed by atoms with Crippen molar-refractivity contribution in [3.63, 3.8) is 0 Å². The van der Waals surface area contributed by atoms with Crippen LogP contribution in [-0.2, 0) is 40.6 Å². The summed E-state index contributed by atoms with van der Waals surface area (Å²) >= 11 is 0. The molecule has 0 saturated carbocycles. The van der Waals surface area contributed by atoms with Crippen molar-refractivity contribution in [2.24, 2.45) is 5.92 Å². The van der Waals surface area contributed by atoms with Crippen LogP contribution >= 0.6 is 0 Å². The van der Waals surface area contributed by atoms with E-state index in [0.29, 0.717) is 37.9 Å². The summed E-state index contributed by atoms with van der Waals surface area (Å²) < 4.78 is 86.8. The molecule has 0 aromatic heterocycles. The Labute approximate surface area is 222 Å². The van der Waals surface area contributed by atoms with Crippen LogP contribution in [-0.4, -0.2) is 23.3 Å². The molecule has 0 spiro atoms. The van der Waals surface area contributed by atoms with E-state index in [-0.39, 0.29) is 23.6 Å². The summed E-state index contributed by atoms with van der Waals surface area (Å²) in [7, 11) is 0. The Balaban J connectivity index is 1.53. The number of carbonyl (C=O) groups excluding carboxylic acids is 1. The Bertz CT molecular complexity index is 1260. The van der Waals surface area contributed by atoms with E-state index in [4.69, 9.17) is 4.74 Å². The summed E-state index contributed by atoms with van der Waals surface area (Å²) in [6, 6.07) is 20.7. The van der Waals surface area contributed by atoms with Gasteiger partial charge >= 0.3 is 12.4 Å². The van der Waals surface area contributed by atoms with E-state index in [1.807, 2.05) is 60.7 Å². The zero-order valence-electron chi connectivity index (χ0n) is 20.9. The van der Waals surface area contributed by atoms with E-state index in [0.717, 1.165) is 17.4 Å². The number of benzene rings is 3. The molecule has 3 aromatic carbocycles. The summed E-state index contributed by atoms with van der Waals surface area (Å²) in [4.78, 5) is 14.4. The van der Waals surface area contributed by atoms with Gasteiger partial charge in [0.2, 0.25) is 0 Å². The van der Waals surface area contributed by atoms with Crippen LogP contribution in [0.15, 0.2) is 78.9 Å². The second-order valence-corrected chi connectivity index (χ2v) is 10.3. The molecule has 2 aliphatic rings. The van der Waals surface area contributed by atoms with Gasteiger partial charge in [0.1, 0.15) is 6.29 Å². The first-order chi connectivity index (χ1) is 18.5. The van der Waals surface area contributed by atoms with Crippen molar-refractivity contribution in [1.82, 2.24) is 4.90 Å². The van der Waals surface area contributed by atoms with E-state index in [1.165, 1.54) is 0 Å². The first-order valence-corrected chi connectivity index (χ1v) is 12.7. The Morgan fingerprint density at radius 2 is 1.41 bits per heavy atom. The molecule has 5 rings (SSSR count). The topological polar surface area (TPSA) is 29.5 Å². The fourth-order valence-corrected chi connectivity index (χ4v) is 6.28. The number of aldehydes is 1. The molecular weight excluding hydrogens is 520 g/mol. The molecule has 3 nitrogen and oxygen atoms in total. The average molecular weight is 548 g/mol. The van der Waals surface area contributed by atoms with Crippen LogP contribution in [0.4, 0.5) is 26.3 Å². The number of carbonyl (C=O) groups is 1. The fraction of sp³-hybridized carbons (Fsp3) is 0.367. The third-order valence-electron chi connectivity index (χ3n) is 7.95. The third kappa shape index (κ3) is 5.34. The quantitative estimate of drug-likeness (QED) is 0.228. The smallest absolute Gasteiger partial charge is 0.371 e. The standard InChI is InChI=1S/C30H27F6NO2/c31-29(32,33)24-13-21(14-25(15-24)30(34,35)36)19-39-27-12-11-26-22(18-38)16-28(27,23-9-5-2-6-10-23)37(26)17-20-7-3-1-4-8-20/h1-10,13-15,18,22,26-27H,11-12,16-17,19H2. The Morgan fingerprint density at radius 3 is 1.97 bits per heavy atom. The maximum absolute atomic E-state index is 13.4. The highest BCUT2D eigenvalue weighted by molar-refractivity contribution is 5.57. The minimum Gasteiger partial charge on any atom is -0.371 e. The average Bonchev–Trinajstić information content (AvgIpc) is 3.11. The minimum atomic E-state index is -4.94. The zero-order chi connectivity index (χ0) is 27.8. The Morgan fingerprint density at radius 1 is 0.821 bits per heavy atom. The predicted molar refractivity (Wildman–Crippen MR) is 132 cm³/mol. The van der Waals surface area contributed by atoms with Crippen LogP contribution in [0, 0.1) is 5.92 Å². The predicted octanol–water partition coefficient (Wildman–Crippen LogP) is 7.39. The van der Waals surface area contributed by atoms with Gasteiger partial charge < -0.3 is 9.53 Å². The number of hydrogen-bond donors (Lipinski definition) is 0. The van der Waals surface area contributed by atoms with Crippen molar-refractivity contribution in [3.8, 4) is 0 Å². The highest BCUT2D eigenvalue weighted by atomic mass is 19.4. The number of nitrogens with zero attached hydrogens (tertiary/aromatic N) is 1. The van der Waals surface area contributed by atoms with Crippen LogP contribution in [0.25, 0.3) is 0 Å². The lowest BCUT2D eigenvalue weighted by atomic mass is 9.78. The number of ether oxygens (including phenoxy) is 1. The van der Waals surface area contributed by atoms with Crippen molar-refractivity contribution < 1.29 is 35.9 Å². The fourth-order valence-electron chi connectivity index (χ4n) is 6.28. The van der Waals surface area contributed by atoms with Crippen LogP contribution in [0.5, 0.6) is 0 Å². The molecule has 0 amide bonds. The summed E-state index contributed by atoms with van der Waals surface area (Å²) in [5.41, 5.74) is -1.79. The Kier molecular flexibility index (Phi) is 7.33.